The van der Waals surface area contributed by atoms with Crippen LogP contribution in [0.2, 0.25) is 0 Å². The van der Waals surface area contributed by atoms with Gasteiger partial charge in [-0.25, -0.2) is 4.72 Å². The van der Waals surface area contributed by atoms with Crippen molar-refractivity contribution in [3.63, 3.8) is 0 Å². The van der Waals surface area contributed by atoms with Crippen LogP contribution in [0.1, 0.15) is 33.6 Å². The van der Waals surface area contributed by atoms with E-state index in [0.29, 0.717) is 18.5 Å². The second-order valence-electron chi connectivity index (χ2n) is 4.94. The first-order valence-electron chi connectivity index (χ1n) is 5.89. The molecule has 96 valence electrons. The average Bonchev–Trinajstić information content (AvgIpc) is 2.14. The highest BCUT2D eigenvalue weighted by atomic mass is 32.2. The molecule has 2 unspecified atom stereocenters. The van der Waals surface area contributed by atoms with Gasteiger partial charge in [-0.3, -0.25) is 0 Å². The van der Waals surface area contributed by atoms with Crippen molar-refractivity contribution in [2.75, 3.05) is 13.1 Å². The van der Waals surface area contributed by atoms with Gasteiger partial charge in [0.1, 0.15) is 0 Å². The smallest absolute Gasteiger partial charge is 0.277 e. The first kappa shape index (κ1) is 13.9. The molecule has 1 heterocycles. The Hall–Kier alpha value is -0.170. The highest BCUT2D eigenvalue weighted by Gasteiger charge is 2.22. The molecule has 0 radical (unpaired) electrons. The second-order valence-corrected chi connectivity index (χ2v) is 6.47. The van der Waals surface area contributed by atoms with Gasteiger partial charge in [0.15, 0.2) is 0 Å². The fourth-order valence-corrected chi connectivity index (χ4v) is 3.07. The van der Waals surface area contributed by atoms with Crippen LogP contribution in [0.15, 0.2) is 0 Å². The third-order valence-corrected chi connectivity index (χ3v) is 3.82. The Kier molecular flexibility index (Phi) is 5.17. The van der Waals surface area contributed by atoms with Crippen molar-refractivity contribution in [2.45, 2.75) is 45.7 Å². The van der Waals surface area contributed by atoms with Crippen LogP contribution in [0, 0.1) is 5.92 Å². The van der Waals surface area contributed by atoms with E-state index in [1.165, 1.54) is 0 Å². The van der Waals surface area contributed by atoms with Gasteiger partial charge < -0.3 is 5.32 Å². The topological polar surface area (TPSA) is 70.2 Å². The zero-order valence-corrected chi connectivity index (χ0v) is 11.1. The summed E-state index contributed by atoms with van der Waals surface area (Å²) in [6, 6.07) is 0.437. The Balaban J connectivity index is 2.39. The Bertz CT molecular complexity index is 303. The lowest BCUT2D eigenvalue weighted by Crippen LogP contribution is -2.50. The van der Waals surface area contributed by atoms with E-state index in [9.17, 15) is 8.42 Å². The minimum absolute atomic E-state index is 0.0564. The quantitative estimate of drug-likeness (QED) is 0.652. The van der Waals surface area contributed by atoms with Crippen LogP contribution in [-0.4, -0.2) is 33.6 Å². The van der Waals surface area contributed by atoms with E-state index < -0.39 is 10.2 Å². The number of rotatable bonds is 5. The normalized spacial score (nSPS) is 27.2. The highest BCUT2D eigenvalue weighted by molar-refractivity contribution is 7.87. The molecule has 1 rings (SSSR count). The van der Waals surface area contributed by atoms with Crippen LogP contribution in [0.4, 0.5) is 0 Å². The number of hydrogen-bond donors (Lipinski definition) is 3. The molecular weight excluding hydrogens is 226 g/mol. The van der Waals surface area contributed by atoms with Crippen molar-refractivity contribution >= 4 is 10.2 Å². The lowest BCUT2D eigenvalue weighted by molar-refractivity contribution is 0.360. The molecule has 0 bridgehead atoms. The van der Waals surface area contributed by atoms with Gasteiger partial charge >= 0.3 is 0 Å². The summed E-state index contributed by atoms with van der Waals surface area (Å²) in [5.74, 6) is 0.323. The van der Waals surface area contributed by atoms with Gasteiger partial charge in [-0.1, -0.05) is 13.8 Å². The molecule has 0 aliphatic carbocycles. The molecular formula is C10H23N3O2S. The molecule has 0 aromatic carbocycles. The summed E-state index contributed by atoms with van der Waals surface area (Å²) in [7, 11) is -3.33. The van der Waals surface area contributed by atoms with E-state index in [4.69, 9.17) is 0 Å². The molecule has 3 N–H and O–H groups in total. The molecule has 0 amide bonds. The number of nitrogens with one attached hydrogen (secondary N) is 3. The maximum atomic E-state index is 11.7. The summed E-state index contributed by atoms with van der Waals surface area (Å²) in [5, 5.41) is 3.29. The molecule has 2 atom stereocenters. The van der Waals surface area contributed by atoms with E-state index in [1.54, 1.807) is 0 Å². The Morgan fingerprint density at radius 1 is 1.44 bits per heavy atom. The molecule has 0 aromatic heterocycles. The minimum atomic E-state index is -3.33. The lowest BCUT2D eigenvalue weighted by Gasteiger charge is -2.28. The predicted octanol–water partition coefficient (Wildman–Crippen LogP) is 0.207. The van der Waals surface area contributed by atoms with Crippen molar-refractivity contribution in [1.29, 1.82) is 0 Å². The molecule has 0 spiro atoms. The van der Waals surface area contributed by atoms with E-state index in [0.717, 1.165) is 19.4 Å². The molecule has 5 nitrogen and oxygen atoms in total. The zero-order chi connectivity index (χ0) is 12.2. The summed E-state index contributed by atoms with van der Waals surface area (Å²) in [6.07, 6.45) is 1.70. The molecule has 16 heavy (non-hydrogen) atoms. The predicted molar refractivity (Wildman–Crippen MR) is 65.4 cm³/mol. The maximum Gasteiger partial charge on any atom is 0.277 e. The van der Waals surface area contributed by atoms with Gasteiger partial charge in [-0.2, -0.15) is 13.1 Å². The van der Waals surface area contributed by atoms with Crippen LogP contribution in [-0.2, 0) is 10.2 Å². The number of hydrogen-bond acceptors (Lipinski definition) is 3. The van der Waals surface area contributed by atoms with Gasteiger partial charge in [-0.05, 0) is 32.2 Å². The first-order chi connectivity index (χ1) is 7.39. The van der Waals surface area contributed by atoms with E-state index in [1.807, 2.05) is 13.8 Å². The molecule has 6 heteroatoms. The Morgan fingerprint density at radius 2 is 2.12 bits per heavy atom. The number of piperidine rings is 1. The minimum Gasteiger partial charge on any atom is -0.314 e. The molecule has 1 aliphatic heterocycles. The van der Waals surface area contributed by atoms with Crippen molar-refractivity contribution in [2.24, 2.45) is 5.92 Å². The maximum absolute atomic E-state index is 11.7. The van der Waals surface area contributed by atoms with E-state index >= 15 is 0 Å². The SMILES string of the molecule is CC(C)CNS(=O)(=O)NC1CCNC(C)C1. The third-order valence-electron chi connectivity index (χ3n) is 2.63. The summed E-state index contributed by atoms with van der Waals surface area (Å²) in [5.41, 5.74) is 0. The van der Waals surface area contributed by atoms with Crippen molar-refractivity contribution in [1.82, 2.24) is 14.8 Å². The largest absolute Gasteiger partial charge is 0.314 e. The molecule has 1 saturated heterocycles. The Morgan fingerprint density at radius 3 is 2.69 bits per heavy atom. The summed E-state index contributed by atoms with van der Waals surface area (Å²) in [6.45, 7) is 7.39. The van der Waals surface area contributed by atoms with Crippen molar-refractivity contribution < 1.29 is 8.42 Å². The van der Waals surface area contributed by atoms with E-state index in [2.05, 4.69) is 21.7 Å². The van der Waals surface area contributed by atoms with Crippen LogP contribution in [0.5, 0.6) is 0 Å². The van der Waals surface area contributed by atoms with Gasteiger partial charge in [0.25, 0.3) is 10.2 Å². The summed E-state index contributed by atoms with van der Waals surface area (Å²) in [4.78, 5) is 0. The summed E-state index contributed by atoms with van der Waals surface area (Å²) >= 11 is 0. The van der Waals surface area contributed by atoms with Gasteiger partial charge in [0, 0.05) is 18.6 Å². The van der Waals surface area contributed by atoms with Gasteiger partial charge in [0.05, 0.1) is 0 Å². The van der Waals surface area contributed by atoms with Crippen molar-refractivity contribution in [3.8, 4) is 0 Å². The fraction of sp³-hybridized carbons (Fsp3) is 1.00. The highest BCUT2D eigenvalue weighted by Crippen LogP contribution is 2.08. The van der Waals surface area contributed by atoms with E-state index in [-0.39, 0.29) is 6.04 Å². The molecule has 0 saturated carbocycles. The lowest BCUT2D eigenvalue weighted by atomic mass is 10.0. The standard InChI is InChI=1S/C10H23N3O2S/c1-8(2)7-12-16(14,15)13-10-4-5-11-9(3)6-10/h8-13H,4-7H2,1-3H3. The Labute approximate surface area is 98.6 Å². The monoisotopic (exact) mass is 249 g/mol. The molecule has 0 aromatic rings. The van der Waals surface area contributed by atoms with Crippen LogP contribution in [0.3, 0.4) is 0 Å². The first-order valence-corrected chi connectivity index (χ1v) is 7.37. The van der Waals surface area contributed by atoms with Gasteiger partial charge in [0.2, 0.25) is 0 Å². The third kappa shape index (κ3) is 5.25. The van der Waals surface area contributed by atoms with Crippen molar-refractivity contribution in [3.05, 3.63) is 0 Å². The molecule has 1 fully saturated rings. The average molecular weight is 249 g/mol. The van der Waals surface area contributed by atoms with Crippen LogP contribution >= 0.6 is 0 Å². The summed E-state index contributed by atoms with van der Waals surface area (Å²) < 4.78 is 28.6. The fourth-order valence-electron chi connectivity index (χ4n) is 1.78. The van der Waals surface area contributed by atoms with Gasteiger partial charge in [-0.15, -0.1) is 0 Å². The second kappa shape index (κ2) is 5.95. The zero-order valence-electron chi connectivity index (χ0n) is 10.3. The van der Waals surface area contributed by atoms with Crippen LogP contribution in [0.25, 0.3) is 0 Å². The van der Waals surface area contributed by atoms with Crippen LogP contribution < -0.4 is 14.8 Å². The molecule has 1 aliphatic rings.